The maximum atomic E-state index is 13.6. The highest BCUT2D eigenvalue weighted by Crippen LogP contribution is 2.36. The molecule has 0 radical (unpaired) electrons. The first-order valence-electron chi connectivity index (χ1n) is 9.46. The molecule has 0 aliphatic rings. The minimum absolute atomic E-state index is 0.376. The molecule has 0 fully saturated rings. The fraction of sp³-hybridized carbons (Fsp3) is 0.167. The van der Waals surface area contributed by atoms with E-state index in [1.54, 1.807) is 12.1 Å². The minimum Gasteiger partial charge on any atom is -0.361 e. The lowest BCUT2D eigenvalue weighted by molar-refractivity contribution is 0.575. The smallest absolute Gasteiger partial charge is 0.185 e. The van der Waals surface area contributed by atoms with Crippen LogP contribution in [0.25, 0.3) is 10.9 Å². The second-order valence-corrected chi connectivity index (χ2v) is 9.29. The lowest BCUT2D eigenvalue weighted by Crippen LogP contribution is -2.15. The first kappa shape index (κ1) is 18.5. The highest BCUT2D eigenvalue weighted by atomic mass is 32.2. The van der Waals surface area contributed by atoms with E-state index < -0.39 is 15.1 Å². The van der Waals surface area contributed by atoms with Crippen LogP contribution >= 0.6 is 0 Å². The van der Waals surface area contributed by atoms with Gasteiger partial charge in [-0.05, 0) is 49.1 Å². The number of nitrogens with one attached hydrogen (secondary N) is 1. The van der Waals surface area contributed by atoms with Crippen molar-refractivity contribution in [1.29, 1.82) is 0 Å². The van der Waals surface area contributed by atoms with Gasteiger partial charge in [-0.3, -0.25) is 0 Å². The molecule has 1 atom stereocenters. The number of H-pyrrole nitrogens is 1. The van der Waals surface area contributed by atoms with Gasteiger partial charge in [0.15, 0.2) is 9.84 Å². The van der Waals surface area contributed by atoms with Crippen molar-refractivity contribution in [2.45, 2.75) is 29.9 Å². The van der Waals surface area contributed by atoms with Gasteiger partial charge in [0.1, 0.15) is 0 Å². The van der Waals surface area contributed by atoms with Crippen LogP contribution in [0.2, 0.25) is 0 Å². The van der Waals surface area contributed by atoms with Gasteiger partial charge < -0.3 is 4.98 Å². The van der Waals surface area contributed by atoms with Crippen molar-refractivity contribution in [3.8, 4) is 0 Å². The number of sulfone groups is 1. The first-order chi connectivity index (χ1) is 13.6. The van der Waals surface area contributed by atoms with E-state index in [9.17, 15) is 8.42 Å². The Morgan fingerprint density at radius 3 is 2.29 bits per heavy atom. The van der Waals surface area contributed by atoms with E-state index >= 15 is 0 Å². The van der Waals surface area contributed by atoms with Crippen molar-refractivity contribution in [2.75, 3.05) is 0 Å². The number of para-hydroxylation sites is 1. The van der Waals surface area contributed by atoms with Crippen molar-refractivity contribution in [1.82, 2.24) is 4.98 Å². The van der Waals surface area contributed by atoms with Crippen LogP contribution in [0.1, 0.15) is 28.4 Å². The molecule has 0 bridgehead atoms. The molecule has 1 N–H and O–H groups in total. The van der Waals surface area contributed by atoms with Crippen LogP contribution in [0.5, 0.6) is 0 Å². The molecule has 28 heavy (non-hydrogen) atoms. The summed E-state index contributed by atoms with van der Waals surface area (Å²) in [6, 6.07) is 25.1. The van der Waals surface area contributed by atoms with Crippen LogP contribution in [-0.4, -0.2) is 13.4 Å². The van der Waals surface area contributed by atoms with Gasteiger partial charge in [0.2, 0.25) is 0 Å². The third kappa shape index (κ3) is 3.60. The average molecular weight is 390 g/mol. The molecule has 4 rings (SSSR count). The van der Waals surface area contributed by atoms with Gasteiger partial charge in [-0.15, -0.1) is 0 Å². The molecule has 0 saturated heterocycles. The predicted octanol–water partition coefficient (Wildman–Crippen LogP) is 5.62. The summed E-state index contributed by atoms with van der Waals surface area (Å²) in [6.45, 7) is 1.96. The van der Waals surface area contributed by atoms with Crippen LogP contribution in [0, 0.1) is 6.92 Å². The maximum absolute atomic E-state index is 13.6. The first-order valence-corrected chi connectivity index (χ1v) is 11.0. The number of fused-ring (bicyclic) bond motifs is 1. The molecule has 0 spiro atoms. The molecule has 4 aromatic rings. The Kier molecular flexibility index (Phi) is 5.05. The molecule has 0 amide bonds. The second kappa shape index (κ2) is 7.64. The molecule has 0 saturated carbocycles. The molecule has 3 aromatic carbocycles. The van der Waals surface area contributed by atoms with Crippen LogP contribution in [-0.2, 0) is 16.3 Å². The quantitative estimate of drug-likeness (QED) is 0.465. The summed E-state index contributed by atoms with van der Waals surface area (Å²) >= 11 is 0. The highest BCUT2D eigenvalue weighted by Gasteiger charge is 2.30. The molecule has 0 aliphatic carbocycles. The lowest BCUT2D eigenvalue weighted by Gasteiger charge is -2.18. The van der Waals surface area contributed by atoms with Crippen molar-refractivity contribution < 1.29 is 8.42 Å². The zero-order valence-electron chi connectivity index (χ0n) is 15.8. The van der Waals surface area contributed by atoms with Gasteiger partial charge >= 0.3 is 0 Å². The monoisotopic (exact) mass is 389 g/mol. The third-order valence-corrected chi connectivity index (χ3v) is 7.40. The number of hydrogen-bond donors (Lipinski definition) is 1. The zero-order chi connectivity index (χ0) is 19.6. The summed E-state index contributed by atoms with van der Waals surface area (Å²) in [6.07, 6.45) is 3.09. The van der Waals surface area contributed by atoms with E-state index in [1.165, 1.54) is 0 Å². The molecule has 1 unspecified atom stereocenters. The van der Waals surface area contributed by atoms with Gasteiger partial charge in [-0.25, -0.2) is 8.42 Å². The number of rotatable bonds is 6. The zero-order valence-corrected chi connectivity index (χ0v) is 16.6. The number of aromatic amines is 1. The van der Waals surface area contributed by atoms with E-state index in [0.717, 1.165) is 27.6 Å². The Balaban J connectivity index is 1.77. The van der Waals surface area contributed by atoms with E-state index in [0.29, 0.717) is 17.7 Å². The van der Waals surface area contributed by atoms with Crippen molar-refractivity contribution in [3.63, 3.8) is 0 Å². The summed E-state index contributed by atoms with van der Waals surface area (Å²) in [5.74, 6) is 0. The Hall–Kier alpha value is -2.85. The fourth-order valence-corrected chi connectivity index (χ4v) is 5.47. The van der Waals surface area contributed by atoms with E-state index in [4.69, 9.17) is 0 Å². The van der Waals surface area contributed by atoms with Crippen LogP contribution in [0.4, 0.5) is 0 Å². The molecule has 0 aliphatic heterocycles. The normalized spacial score (nSPS) is 12.9. The summed E-state index contributed by atoms with van der Waals surface area (Å²) < 4.78 is 27.2. The molecule has 1 aromatic heterocycles. The molecular formula is C24H23NO2S. The molecule has 3 nitrogen and oxygen atoms in total. The fourth-order valence-electron chi connectivity index (χ4n) is 3.67. The van der Waals surface area contributed by atoms with Crippen LogP contribution in [0.3, 0.4) is 0 Å². The van der Waals surface area contributed by atoms with E-state index in [1.807, 2.05) is 79.9 Å². The van der Waals surface area contributed by atoms with Crippen LogP contribution in [0.15, 0.2) is 90.0 Å². The number of aryl methyl sites for hydroxylation is 2. The molecule has 1 heterocycles. The summed E-state index contributed by atoms with van der Waals surface area (Å²) in [7, 11) is -3.52. The Morgan fingerprint density at radius 2 is 1.54 bits per heavy atom. The lowest BCUT2D eigenvalue weighted by atomic mass is 10.0. The van der Waals surface area contributed by atoms with E-state index in [-0.39, 0.29) is 0 Å². The Morgan fingerprint density at radius 1 is 0.857 bits per heavy atom. The van der Waals surface area contributed by atoms with Crippen LogP contribution < -0.4 is 0 Å². The maximum Gasteiger partial charge on any atom is 0.185 e. The average Bonchev–Trinajstić information content (AvgIpc) is 3.13. The standard InChI is InChI=1S/C24H23NO2S/c1-18-11-14-20(15-12-18)28(26,27)24(16-13-19-7-3-2-4-8-19)22-17-25-23-10-6-5-9-21(22)23/h2-12,14-15,17,24-25H,13,16H2,1H3. The van der Waals surface area contributed by atoms with Gasteiger partial charge in [0.05, 0.1) is 10.1 Å². The number of hydrogen-bond acceptors (Lipinski definition) is 2. The minimum atomic E-state index is -3.52. The van der Waals surface area contributed by atoms with Crippen molar-refractivity contribution in [3.05, 3.63) is 102 Å². The number of aromatic nitrogens is 1. The topological polar surface area (TPSA) is 49.9 Å². The SMILES string of the molecule is Cc1ccc(S(=O)(=O)C(CCc2ccccc2)c2c[nH]c3ccccc23)cc1. The largest absolute Gasteiger partial charge is 0.361 e. The summed E-state index contributed by atoms with van der Waals surface area (Å²) in [5.41, 5.74) is 3.99. The van der Waals surface area contributed by atoms with Gasteiger partial charge in [0.25, 0.3) is 0 Å². The Bertz CT molecular complexity index is 1180. The molecule has 142 valence electrons. The van der Waals surface area contributed by atoms with Crippen molar-refractivity contribution >= 4 is 20.7 Å². The van der Waals surface area contributed by atoms with Gasteiger partial charge in [0, 0.05) is 17.1 Å². The van der Waals surface area contributed by atoms with Crippen molar-refractivity contribution in [2.24, 2.45) is 0 Å². The predicted molar refractivity (Wildman–Crippen MR) is 114 cm³/mol. The van der Waals surface area contributed by atoms with Gasteiger partial charge in [-0.1, -0.05) is 66.2 Å². The highest BCUT2D eigenvalue weighted by molar-refractivity contribution is 7.91. The summed E-state index contributed by atoms with van der Waals surface area (Å²) in [5, 5.41) is 0.364. The molecule has 4 heteroatoms. The molecular weight excluding hydrogens is 366 g/mol. The Labute approximate surface area is 166 Å². The third-order valence-electron chi connectivity index (χ3n) is 5.23. The van der Waals surface area contributed by atoms with E-state index in [2.05, 4.69) is 4.98 Å². The second-order valence-electron chi connectivity index (χ2n) is 7.16. The number of benzene rings is 3. The summed E-state index contributed by atoms with van der Waals surface area (Å²) in [4.78, 5) is 3.61. The van der Waals surface area contributed by atoms with Gasteiger partial charge in [-0.2, -0.15) is 0 Å².